The second-order valence-corrected chi connectivity index (χ2v) is 7.75. The monoisotopic (exact) mass is 421 g/mol. The van der Waals surface area contributed by atoms with Crippen LogP contribution >= 0.6 is 0 Å². The van der Waals surface area contributed by atoms with Crippen molar-refractivity contribution < 1.29 is 4.74 Å². The van der Waals surface area contributed by atoms with Crippen molar-refractivity contribution >= 4 is 17.1 Å². The predicted octanol–water partition coefficient (Wildman–Crippen LogP) is 4.40. The Balaban J connectivity index is 2.10. The lowest BCUT2D eigenvalue weighted by Crippen LogP contribution is -2.17. The number of hydrogen-bond acceptors (Lipinski definition) is 7. The Morgan fingerprint density at radius 2 is 2.06 bits per heavy atom. The minimum Gasteiger partial charge on any atom is -0.477 e. The Morgan fingerprint density at radius 3 is 2.68 bits per heavy atom. The molecule has 0 saturated heterocycles. The maximum absolute atomic E-state index is 8.35. The molecule has 3 heterocycles. The standard InChI is InChI=1S/C23H31N7O/c1-7-31-23-18(9-8-10-25-23)19-12-20(26-13-17-11-15(4)30(6)29-17)22(27-14(2)3)21(28-19)16(5)24/h8-12,14,24,27H,7,13H2,1-6H3,(H,26,28). The second kappa shape index (κ2) is 9.59. The molecule has 0 radical (unpaired) electrons. The normalized spacial score (nSPS) is 10.9. The summed E-state index contributed by atoms with van der Waals surface area (Å²) in [5, 5.41) is 19.8. The molecule has 3 rings (SSSR count). The SMILES string of the molecule is CCOc1ncccc1-c1cc(NCc2cc(C)n(C)n2)c(NC(C)C)c(C(C)=N)n1. The third-order valence-corrected chi connectivity index (χ3v) is 4.76. The van der Waals surface area contributed by atoms with Gasteiger partial charge in [0.2, 0.25) is 5.88 Å². The topological polar surface area (TPSA) is 101 Å². The number of anilines is 2. The molecule has 0 aliphatic carbocycles. The van der Waals surface area contributed by atoms with Crippen LogP contribution in [0.1, 0.15) is 44.8 Å². The van der Waals surface area contributed by atoms with Gasteiger partial charge in [0.25, 0.3) is 0 Å². The molecule has 8 heteroatoms. The van der Waals surface area contributed by atoms with E-state index in [-0.39, 0.29) is 6.04 Å². The molecule has 0 bridgehead atoms. The van der Waals surface area contributed by atoms with Gasteiger partial charge in [0, 0.05) is 25.0 Å². The van der Waals surface area contributed by atoms with E-state index >= 15 is 0 Å². The summed E-state index contributed by atoms with van der Waals surface area (Å²) < 4.78 is 7.58. The Morgan fingerprint density at radius 1 is 1.29 bits per heavy atom. The van der Waals surface area contributed by atoms with E-state index in [0.717, 1.165) is 28.3 Å². The van der Waals surface area contributed by atoms with Gasteiger partial charge in [0.1, 0.15) is 5.69 Å². The average Bonchev–Trinajstić information content (AvgIpc) is 3.04. The molecule has 164 valence electrons. The second-order valence-electron chi connectivity index (χ2n) is 7.75. The number of aromatic nitrogens is 4. The number of nitrogens with zero attached hydrogens (tertiary/aromatic N) is 4. The Hall–Kier alpha value is -3.42. The summed E-state index contributed by atoms with van der Waals surface area (Å²) in [5.41, 5.74) is 6.17. The lowest BCUT2D eigenvalue weighted by molar-refractivity contribution is 0.328. The van der Waals surface area contributed by atoms with Gasteiger partial charge in [0.05, 0.1) is 47.2 Å². The van der Waals surface area contributed by atoms with Crippen LogP contribution in [0.15, 0.2) is 30.5 Å². The Bertz CT molecular complexity index is 1050. The molecule has 0 atom stereocenters. The minimum absolute atomic E-state index is 0.181. The quantitative estimate of drug-likeness (QED) is 0.443. The van der Waals surface area contributed by atoms with Gasteiger partial charge in [-0.05, 0) is 58.9 Å². The summed E-state index contributed by atoms with van der Waals surface area (Å²) in [4.78, 5) is 9.17. The molecule has 0 fully saturated rings. The fourth-order valence-corrected chi connectivity index (χ4v) is 3.27. The number of pyridine rings is 2. The smallest absolute Gasteiger partial charge is 0.222 e. The summed E-state index contributed by atoms with van der Waals surface area (Å²) in [5.74, 6) is 0.530. The molecule has 0 aliphatic rings. The average molecular weight is 422 g/mol. The first kappa shape index (κ1) is 22.3. The zero-order valence-electron chi connectivity index (χ0n) is 19.1. The summed E-state index contributed by atoms with van der Waals surface area (Å²) in [6.07, 6.45) is 1.70. The third kappa shape index (κ3) is 5.20. The largest absolute Gasteiger partial charge is 0.477 e. The van der Waals surface area contributed by atoms with E-state index in [4.69, 9.17) is 15.1 Å². The van der Waals surface area contributed by atoms with E-state index < -0.39 is 0 Å². The van der Waals surface area contributed by atoms with Crippen molar-refractivity contribution in [2.75, 3.05) is 17.2 Å². The van der Waals surface area contributed by atoms with Crippen molar-refractivity contribution in [2.45, 2.75) is 47.2 Å². The molecule has 3 aromatic rings. The zero-order chi connectivity index (χ0) is 22.5. The lowest BCUT2D eigenvalue weighted by atomic mass is 10.1. The summed E-state index contributed by atoms with van der Waals surface area (Å²) in [7, 11) is 1.93. The number of hydrogen-bond donors (Lipinski definition) is 3. The van der Waals surface area contributed by atoms with Crippen molar-refractivity contribution in [3.8, 4) is 17.1 Å². The first-order chi connectivity index (χ1) is 14.8. The number of rotatable bonds is 9. The first-order valence-corrected chi connectivity index (χ1v) is 10.5. The summed E-state index contributed by atoms with van der Waals surface area (Å²) in [6, 6.07) is 8.01. The van der Waals surface area contributed by atoms with Gasteiger partial charge >= 0.3 is 0 Å². The number of nitrogens with one attached hydrogen (secondary N) is 3. The highest BCUT2D eigenvalue weighted by Gasteiger charge is 2.19. The van der Waals surface area contributed by atoms with E-state index in [1.807, 2.05) is 43.8 Å². The summed E-state index contributed by atoms with van der Waals surface area (Å²) >= 11 is 0. The van der Waals surface area contributed by atoms with E-state index in [0.29, 0.717) is 36.1 Å². The van der Waals surface area contributed by atoms with Crippen LogP contribution in [0.25, 0.3) is 11.3 Å². The van der Waals surface area contributed by atoms with Crippen LogP contribution in [0, 0.1) is 12.3 Å². The van der Waals surface area contributed by atoms with Crippen LogP contribution < -0.4 is 15.4 Å². The third-order valence-electron chi connectivity index (χ3n) is 4.76. The van der Waals surface area contributed by atoms with Crippen LogP contribution in [-0.4, -0.2) is 38.1 Å². The van der Waals surface area contributed by atoms with Crippen molar-refractivity contribution in [3.05, 3.63) is 47.5 Å². The molecule has 3 aromatic heterocycles. The van der Waals surface area contributed by atoms with Gasteiger partial charge in [0.15, 0.2) is 0 Å². The van der Waals surface area contributed by atoms with Gasteiger partial charge in [-0.15, -0.1) is 0 Å². The molecule has 3 N–H and O–H groups in total. The van der Waals surface area contributed by atoms with Crippen molar-refractivity contribution in [1.29, 1.82) is 5.41 Å². The molecule has 31 heavy (non-hydrogen) atoms. The molecular formula is C23H31N7O. The molecule has 0 unspecified atom stereocenters. The lowest BCUT2D eigenvalue weighted by Gasteiger charge is -2.20. The fraction of sp³-hybridized carbons (Fsp3) is 0.391. The Labute approximate surface area is 183 Å². The maximum atomic E-state index is 8.35. The van der Waals surface area contributed by atoms with E-state index in [9.17, 15) is 0 Å². The summed E-state index contributed by atoms with van der Waals surface area (Å²) in [6.45, 7) is 10.9. The van der Waals surface area contributed by atoms with Crippen LogP contribution in [0.2, 0.25) is 0 Å². The highest BCUT2D eigenvalue weighted by Crippen LogP contribution is 2.34. The van der Waals surface area contributed by atoms with Gasteiger partial charge < -0.3 is 20.8 Å². The van der Waals surface area contributed by atoms with Crippen molar-refractivity contribution in [3.63, 3.8) is 0 Å². The highest BCUT2D eigenvalue weighted by molar-refractivity contribution is 6.03. The maximum Gasteiger partial charge on any atom is 0.222 e. The zero-order valence-corrected chi connectivity index (χ0v) is 19.1. The van der Waals surface area contributed by atoms with Gasteiger partial charge in [-0.2, -0.15) is 5.10 Å². The molecule has 0 spiro atoms. The molecule has 0 amide bonds. The van der Waals surface area contributed by atoms with Crippen LogP contribution in [0.4, 0.5) is 11.4 Å². The van der Waals surface area contributed by atoms with Crippen LogP contribution in [0.5, 0.6) is 5.88 Å². The van der Waals surface area contributed by atoms with Gasteiger partial charge in [-0.25, -0.2) is 9.97 Å². The van der Waals surface area contributed by atoms with E-state index in [1.165, 1.54) is 0 Å². The minimum atomic E-state index is 0.181. The van der Waals surface area contributed by atoms with Gasteiger partial charge in [-0.3, -0.25) is 4.68 Å². The van der Waals surface area contributed by atoms with Crippen LogP contribution in [-0.2, 0) is 13.6 Å². The highest BCUT2D eigenvalue weighted by atomic mass is 16.5. The number of aryl methyl sites for hydroxylation is 2. The molecule has 0 aromatic carbocycles. The Kier molecular flexibility index (Phi) is 6.89. The molecule has 8 nitrogen and oxygen atoms in total. The van der Waals surface area contributed by atoms with Crippen LogP contribution in [0.3, 0.4) is 0 Å². The molecule has 0 aliphatic heterocycles. The van der Waals surface area contributed by atoms with Gasteiger partial charge in [-0.1, -0.05) is 0 Å². The van der Waals surface area contributed by atoms with E-state index in [1.54, 1.807) is 13.1 Å². The molecule has 0 saturated carbocycles. The first-order valence-electron chi connectivity index (χ1n) is 10.5. The fourth-order valence-electron chi connectivity index (χ4n) is 3.27. The number of ether oxygens (including phenoxy) is 1. The molecular weight excluding hydrogens is 390 g/mol. The van der Waals surface area contributed by atoms with E-state index in [2.05, 4.69) is 40.6 Å². The van der Waals surface area contributed by atoms with Crippen molar-refractivity contribution in [2.24, 2.45) is 7.05 Å². The predicted molar refractivity (Wildman–Crippen MR) is 125 cm³/mol. The van der Waals surface area contributed by atoms with Crippen molar-refractivity contribution in [1.82, 2.24) is 19.7 Å².